The second kappa shape index (κ2) is 7.43. The molecule has 1 N–H and O–H groups in total. The number of amides is 1. The largest absolute Gasteiger partial charge is 0.356 e. The van der Waals surface area contributed by atoms with Crippen molar-refractivity contribution in [3.8, 4) is 0 Å². The molecule has 2 aliphatic rings. The van der Waals surface area contributed by atoms with E-state index >= 15 is 0 Å². The van der Waals surface area contributed by atoms with Crippen LogP contribution in [0.5, 0.6) is 0 Å². The third-order valence-corrected chi connectivity index (χ3v) is 4.56. The predicted molar refractivity (Wildman–Crippen MR) is 88.6 cm³/mol. The zero-order chi connectivity index (χ0) is 15.2. The van der Waals surface area contributed by atoms with Gasteiger partial charge in [-0.25, -0.2) is 4.98 Å². The van der Waals surface area contributed by atoms with Crippen LogP contribution in [0.3, 0.4) is 0 Å². The topological polar surface area (TPSA) is 45.2 Å². The second-order valence-electron chi connectivity index (χ2n) is 6.28. The van der Waals surface area contributed by atoms with Gasteiger partial charge in [-0.15, -0.1) is 0 Å². The van der Waals surface area contributed by atoms with Crippen molar-refractivity contribution in [2.45, 2.75) is 45.1 Å². The summed E-state index contributed by atoms with van der Waals surface area (Å²) >= 11 is 0. The average Bonchev–Trinajstić information content (AvgIpc) is 3.07. The van der Waals surface area contributed by atoms with Crippen molar-refractivity contribution in [1.82, 2.24) is 10.3 Å². The SMILES string of the molecule is O=C(C[C@@H]1C=CCC1)NCc1cccnc1N1CCCCC1. The monoisotopic (exact) mass is 299 g/mol. The Morgan fingerprint density at radius 2 is 2.18 bits per heavy atom. The normalized spacial score (nSPS) is 21.1. The van der Waals surface area contributed by atoms with Crippen molar-refractivity contribution in [3.05, 3.63) is 36.0 Å². The van der Waals surface area contributed by atoms with Gasteiger partial charge in [-0.3, -0.25) is 4.79 Å². The van der Waals surface area contributed by atoms with Crippen LogP contribution in [0.15, 0.2) is 30.5 Å². The Labute approximate surface area is 132 Å². The van der Waals surface area contributed by atoms with Crippen LogP contribution in [0.25, 0.3) is 0 Å². The molecule has 1 aliphatic heterocycles. The molecule has 0 radical (unpaired) electrons. The van der Waals surface area contributed by atoms with Gasteiger partial charge in [0.1, 0.15) is 5.82 Å². The molecule has 4 nitrogen and oxygen atoms in total. The molecule has 118 valence electrons. The summed E-state index contributed by atoms with van der Waals surface area (Å²) in [5, 5.41) is 3.07. The van der Waals surface area contributed by atoms with Crippen LogP contribution in [0.4, 0.5) is 5.82 Å². The number of hydrogen-bond acceptors (Lipinski definition) is 3. The molecule has 1 amide bonds. The molecule has 1 aromatic rings. The lowest BCUT2D eigenvalue weighted by atomic mass is 10.0. The van der Waals surface area contributed by atoms with Crippen LogP contribution in [-0.4, -0.2) is 24.0 Å². The zero-order valence-electron chi connectivity index (χ0n) is 13.1. The molecule has 0 aromatic carbocycles. The van der Waals surface area contributed by atoms with Crippen molar-refractivity contribution in [2.24, 2.45) is 5.92 Å². The van der Waals surface area contributed by atoms with Gasteiger partial charge in [0.2, 0.25) is 5.91 Å². The summed E-state index contributed by atoms with van der Waals surface area (Å²) in [4.78, 5) is 19.0. The fraction of sp³-hybridized carbons (Fsp3) is 0.556. The van der Waals surface area contributed by atoms with Gasteiger partial charge in [0.15, 0.2) is 0 Å². The number of carbonyl (C=O) groups excluding carboxylic acids is 1. The summed E-state index contributed by atoms with van der Waals surface area (Å²) in [6, 6.07) is 4.03. The number of rotatable bonds is 5. The highest BCUT2D eigenvalue weighted by molar-refractivity contribution is 5.76. The van der Waals surface area contributed by atoms with Crippen LogP contribution in [0.2, 0.25) is 0 Å². The van der Waals surface area contributed by atoms with E-state index in [-0.39, 0.29) is 5.91 Å². The molecule has 4 heteroatoms. The smallest absolute Gasteiger partial charge is 0.220 e. The molecule has 1 fully saturated rings. The first-order chi connectivity index (χ1) is 10.8. The summed E-state index contributed by atoms with van der Waals surface area (Å²) in [5.41, 5.74) is 1.12. The summed E-state index contributed by atoms with van der Waals surface area (Å²) in [6.45, 7) is 2.73. The van der Waals surface area contributed by atoms with E-state index < -0.39 is 0 Å². The Morgan fingerprint density at radius 3 is 2.95 bits per heavy atom. The maximum absolute atomic E-state index is 12.1. The first kappa shape index (κ1) is 15.1. The van der Waals surface area contributed by atoms with E-state index in [4.69, 9.17) is 0 Å². The van der Waals surface area contributed by atoms with Crippen molar-refractivity contribution in [2.75, 3.05) is 18.0 Å². The highest BCUT2D eigenvalue weighted by Gasteiger charge is 2.17. The number of pyridine rings is 1. The van der Waals surface area contributed by atoms with Crippen molar-refractivity contribution >= 4 is 11.7 Å². The Morgan fingerprint density at radius 1 is 1.32 bits per heavy atom. The number of piperidine rings is 1. The molecule has 1 aromatic heterocycles. The molecular weight excluding hydrogens is 274 g/mol. The van der Waals surface area contributed by atoms with Crippen LogP contribution in [0.1, 0.15) is 44.1 Å². The standard InChI is InChI=1S/C18H25N3O/c22-17(13-15-7-2-3-8-15)20-14-16-9-6-10-19-18(16)21-11-4-1-5-12-21/h2,6-7,9-10,15H,1,3-5,8,11-14H2,(H,20,22)/t15-/m1/s1. The lowest BCUT2D eigenvalue weighted by molar-refractivity contribution is -0.121. The van der Waals surface area contributed by atoms with Crippen LogP contribution in [-0.2, 0) is 11.3 Å². The minimum Gasteiger partial charge on any atom is -0.356 e. The zero-order valence-corrected chi connectivity index (χ0v) is 13.1. The third-order valence-electron chi connectivity index (χ3n) is 4.56. The average molecular weight is 299 g/mol. The summed E-state index contributed by atoms with van der Waals surface area (Å²) in [7, 11) is 0. The minimum absolute atomic E-state index is 0.144. The molecule has 2 heterocycles. The van der Waals surface area contributed by atoms with Crippen LogP contribution < -0.4 is 10.2 Å². The first-order valence-corrected chi connectivity index (χ1v) is 8.45. The highest BCUT2D eigenvalue weighted by Crippen LogP contribution is 2.22. The van der Waals surface area contributed by atoms with E-state index in [9.17, 15) is 4.79 Å². The minimum atomic E-state index is 0.144. The molecule has 1 atom stereocenters. The predicted octanol–water partition coefficient (Wildman–Crippen LogP) is 3.04. The van der Waals surface area contributed by atoms with E-state index in [0.717, 1.165) is 37.3 Å². The Bertz CT molecular complexity index is 535. The maximum Gasteiger partial charge on any atom is 0.220 e. The summed E-state index contributed by atoms with van der Waals surface area (Å²) < 4.78 is 0. The molecule has 0 spiro atoms. The van der Waals surface area contributed by atoms with E-state index in [1.54, 1.807) is 0 Å². The van der Waals surface area contributed by atoms with Crippen LogP contribution >= 0.6 is 0 Å². The Kier molecular flexibility index (Phi) is 5.09. The van der Waals surface area contributed by atoms with Gasteiger partial charge in [-0.05, 0) is 44.1 Å². The van der Waals surface area contributed by atoms with Gasteiger partial charge in [0, 0.05) is 37.8 Å². The molecule has 1 aliphatic carbocycles. The van der Waals surface area contributed by atoms with Gasteiger partial charge >= 0.3 is 0 Å². The number of anilines is 1. The van der Waals surface area contributed by atoms with Gasteiger partial charge in [0.05, 0.1) is 0 Å². The Hall–Kier alpha value is -1.84. The number of aromatic nitrogens is 1. The molecular formula is C18H25N3O. The van der Waals surface area contributed by atoms with Crippen LogP contribution in [0, 0.1) is 5.92 Å². The van der Waals surface area contributed by atoms with E-state index in [0.29, 0.717) is 18.9 Å². The van der Waals surface area contributed by atoms with Gasteiger partial charge in [-0.1, -0.05) is 18.2 Å². The van der Waals surface area contributed by atoms with Crippen molar-refractivity contribution in [3.63, 3.8) is 0 Å². The van der Waals surface area contributed by atoms with Crippen molar-refractivity contribution < 1.29 is 4.79 Å². The molecule has 0 unspecified atom stereocenters. The molecule has 0 bridgehead atoms. The van der Waals surface area contributed by atoms with Crippen molar-refractivity contribution in [1.29, 1.82) is 0 Å². The number of carbonyl (C=O) groups is 1. The quantitative estimate of drug-likeness (QED) is 0.850. The number of nitrogens with zero attached hydrogens (tertiary/aromatic N) is 2. The van der Waals surface area contributed by atoms with E-state index in [1.807, 2.05) is 12.3 Å². The molecule has 22 heavy (non-hydrogen) atoms. The summed E-state index contributed by atoms with van der Waals surface area (Å²) in [5.74, 6) is 1.61. The lowest BCUT2D eigenvalue weighted by Crippen LogP contribution is -2.32. The van der Waals surface area contributed by atoms with E-state index in [2.05, 4.69) is 33.4 Å². The van der Waals surface area contributed by atoms with Gasteiger partial charge in [-0.2, -0.15) is 0 Å². The first-order valence-electron chi connectivity index (χ1n) is 8.45. The lowest BCUT2D eigenvalue weighted by Gasteiger charge is -2.29. The van der Waals surface area contributed by atoms with Gasteiger partial charge in [0.25, 0.3) is 0 Å². The molecule has 3 rings (SSSR count). The van der Waals surface area contributed by atoms with E-state index in [1.165, 1.54) is 19.3 Å². The summed E-state index contributed by atoms with van der Waals surface area (Å²) in [6.07, 6.45) is 12.8. The fourth-order valence-electron chi connectivity index (χ4n) is 3.33. The highest BCUT2D eigenvalue weighted by atomic mass is 16.1. The fourth-order valence-corrected chi connectivity index (χ4v) is 3.33. The Balaban J connectivity index is 1.57. The maximum atomic E-state index is 12.1. The third kappa shape index (κ3) is 3.87. The van der Waals surface area contributed by atoms with Gasteiger partial charge < -0.3 is 10.2 Å². The number of allylic oxidation sites excluding steroid dienone is 2. The number of nitrogens with one attached hydrogen (secondary N) is 1. The molecule has 1 saturated heterocycles. The second-order valence-corrected chi connectivity index (χ2v) is 6.28. The number of hydrogen-bond donors (Lipinski definition) is 1. The molecule has 0 saturated carbocycles.